The van der Waals surface area contributed by atoms with Gasteiger partial charge in [0.05, 0.1) is 52.9 Å². The fourth-order valence-corrected chi connectivity index (χ4v) is 4.44. The number of unbranched alkanes of at least 4 members (excludes halogenated alkanes) is 2. The Balaban J connectivity index is 1.09. The molecule has 0 atom stereocenters. The van der Waals surface area contributed by atoms with Gasteiger partial charge < -0.3 is 33.7 Å². The molecule has 2 aromatic rings. The van der Waals surface area contributed by atoms with E-state index in [9.17, 15) is 9.59 Å². The smallest absolute Gasteiger partial charge is 0.407 e. The lowest BCUT2D eigenvalue weighted by Gasteiger charge is -2.14. The van der Waals surface area contributed by atoms with Gasteiger partial charge in [-0.05, 0) is 28.7 Å². The average Bonchev–Trinajstić information content (AvgIpc) is 3.29. The molecule has 220 valence electrons. The number of carbonyl (C=O) groups is 2. The largest absolute Gasteiger partial charge is 0.463 e. The van der Waals surface area contributed by atoms with Crippen LogP contribution in [-0.2, 0) is 33.2 Å². The molecule has 1 aliphatic rings. The zero-order chi connectivity index (χ0) is 28.3. The molecule has 0 fully saturated rings. The molecule has 9 nitrogen and oxygen atoms in total. The van der Waals surface area contributed by atoms with Crippen LogP contribution in [0.25, 0.3) is 11.1 Å². The van der Waals surface area contributed by atoms with Gasteiger partial charge in [0.1, 0.15) is 13.2 Å². The highest BCUT2D eigenvalue weighted by molar-refractivity contribution is 5.79. The van der Waals surface area contributed by atoms with Gasteiger partial charge in [-0.2, -0.15) is 0 Å². The number of fused-ring (bicyclic) bond motifs is 3. The maximum Gasteiger partial charge on any atom is 0.407 e. The summed E-state index contributed by atoms with van der Waals surface area (Å²) in [7, 11) is 0. The highest BCUT2D eigenvalue weighted by Crippen LogP contribution is 2.44. The molecule has 3 rings (SSSR count). The number of nitrogens with one attached hydrogen (secondary N) is 1. The number of amides is 1. The Labute approximate surface area is 237 Å². The molecule has 1 N–H and O–H groups in total. The van der Waals surface area contributed by atoms with Gasteiger partial charge >= 0.3 is 12.1 Å². The summed E-state index contributed by atoms with van der Waals surface area (Å²) in [4.78, 5) is 23.6. The van der Waals surface area contributed by atoms with Crippen molar-refractivity contribution in [1.29, 1.82) is 0 Å². The van der Waals surface area contributed by atoms with Crippen molar-refractivity contribution in [2.24, 2.45) is 0 Å². The van der Waals surface area contributed by atoms with E-state index in [2.05, 4.69) is 36.5 Å². The molecule has 0 aromatic heterocycles. The first-order valence-corrected chi connectivity index (χ1v) is 14.3. The number of alkyl carbamates (subject to hydrolysis) is 1. The summed E-state index contributed by atoms with van der Waals surface area (Å²) in [5, 5.41) is 2.73. The normalized spacial score (nSPS) is 12.1. The summed E-state index contributed by atoms with van der Waals surface area (Å²) >= 11 is 0. The lowest BCUT2D eigenvalue weighted by atomic mass is 9.98. The monoisotopic (exact) mass is 557 g/mol. The molecule has 0 aliphatic heterocycles. The molecule has 0 bridgehead atoms. The predicted molar refractivity (Wildman–Crippen MR) is 151 cm³/mol. The van der Waals surface area contributed by atoms with Crippen molar-refractivity contribution in [3.05, 3.63) is 59.7 Å². The van der Waals surface area contributed by atoms with Crippen LogP contribution in [0.2, 0.25) is 0 Å². The highest BCUT2D eigenvalue weighted by Gasteiger charge is 2.28. The molecule has 0 spiro atoms. The molecule has 0 saturated heterocycles. The topological polar surface area (TPSA) is 102 Å². The Kier molecular flexibility index (Phi) is 15.1. The average molecular weight is 558 g/mol. The van der Waals surface area contributed by atoms with Gasteiger partial charge in [0.15, 0.2) is 0 Å². The SMILES string of the molecule is CCCCCC(=O)OCCOCCOCCOCCOCCNC(=O)OCC1c2ccccc2-c2ccccc21. The second-order valence-corrected chi connectivity index (χ2v) is 9.38. The van der Waals surface area contributed by atoms with Crippen LogP contribution in [0.4, 0.5) is 4.79 Å². The number of esters is 1. The standard InChI is InChI=1S/C31H43NO8/c1-2-3-4-13-30(33)39-23-22-38-21-20-37-19-18-36-17-16-35-15-14-32-31(34)40-24-29-27-11-7-5-9-25(27)26-10-6-8-12-28(26)29/h5-12,29H,2-4,13-24H2,1H3,(H,32,34). The molecule has 0 heterocycles. The Hall–Kier alpha value is -2.98. The number of hydrogen-bond acceptors (Lipinski definition) is 8. The number of benzene rings is 2. The molecule has 1 aliphatic carbocycles. The van der Waals surface area contributed by atoms with Crippen molar-refractivity contribution in [1.82, 2.24) is 5.32 Å². The van der Waals surface area contributed by atoms with E-state index in [4.69, 9.17) is 28.4 Å². The minimum Gasteiger partial charge on any atom is -0.463 e. The van der Waals surface area contributed by atoms with Crippen LogP contribution in [0.1, 0.15) is 49.7 Å². The lowest BCUT2D eigenvalue weighted by molar-refractivity contribution is -0.145. The zero-order valence-electron chi connectivity index (χ0n) is 23.6. The Morgan fingerprint density at radius 3 is 1.77 bits per heavy atom. The Morgan fingerprint density at radius 2 is 1.20 bits per heavy atom. The number of carbonyl (C=O) groups excluding carboxylic acids is 2. The van der Waals surface area contributed by atoms with Gasteiger partial charge in [-0.15, -0.1) is 0 Å². The summed E-state index contributed by atoms with van der Waals surface area (Å²) in [6, 6.07) is 16.5. The molecule has 2 aromatic carbocycles. The maximum atomic E-state index is 12.2. The van der Waals surface area contributed by atoms with Crippen LogP contribution in [-0.4, -0.2) is 84.7 Å². The van der Waals surface area contributed by atoms with Crippen molar-refractivity contribution in [3.8, 4) is 11.1 Å². The van der Waals surface area contributed by atoms with Crippen LogP contribution in [0.15, 0.2) is 48.5 Å². The van der Waals surface area contributed by atoms with Crippen molar-refractivity contribution in [3.63, 3.8) is 0 Å². The minimum absolute atomic E-state index is 0.0412. The molecule has 0 saturated carbocycles. The highest BCUT2D eigenvalue weighted by atomic mass is 16.6. The summed E-state index contributed by atoms with van der Waals surface area (Å²) in [5.41, 5.74) is 4.78. The molecule has 1 amide bonds. The van der Waals surface area contributed by atoms with Gasteiger partial charge in [0.2, 0.25) is 0 Å². The van der Waals surface area contributed by atoms with E-state index < -0.39 is 6.09 Å². The minimum atomic E-state index is -0.453. The van der Waals surface area contributed by atoms with Crippen LogP contribution < -0.4 is 5.32 Å². The second-order valence-electron chi connectivity index (χ2n) is 9.38. The van der Waals surface area contributed by atoms with Crippen molar-refractivity contribution in [2.45, 2.75) is 38.5 Å². The van der Waals surface area contributed by atoms with Gasteiger partial charge in [0, 0.05) is 18.9 Å². The number of rotatable bonds is 21. The Bertz CT molecular complexity index is 969. The molecule has 9 heteroatoms. The van der Waals surface area contributed by atoms with Crippen molar-refractivity contribution in [2.75, 3.05) is 72.6 Å². The lowest BCUT2D eigenvalue weighted by Crippen LogP contribution is -2.29. The van der Waals surface area contributed by atoms with Gasteiger partial charge in [-0.3, -0.25) is 4.79 Å². The molecular formula is C31H43NO8. The molecule has 0 unspecified atom stereocenters. The van der Waals surface area contributed by atoms with Crippen LogP contribution in [0, 0.1) is 0 Å². The molecular weight excluding hydrogens is 514 g/mol. The third-order valence-electron chi connectivity index (χ3n) is 6.45. The maximum absolute atomic E-state index is 12.2. The zero-order valence-corrected chi connectivity index (χ0v) is 23.6. The van der Waals surface area contributed by atoms with Gasteiger partial charge in [0.25, 0.3) is 0 Å². The first kappa shape index (κ1) is 31.5. The number of ether oxygens (including phenoxy) is 6. The van der Waals surface area contributed by atoms with E-state index in [-0.39, 0.29) is 25.1 Å². The summed E-state index contributed by atoms with van der Waals surface area (Å²) < 4.78 is 32.4. The predicted octanol–water partition coefficient (Wildman–Crippen LogP) is 4.72. The second kappa shape index (κ2) is 19.2. The van der Waals surface area contributed by atoms with E-state index in [0.717, 1.165) is 19.3 Å². The van der Waals surface area contributed by atoms with E-state index in [1.165, 1.54) is 22.3 Å². The summed E-state index contributed by atoms with van der Waals surface area (Å²) in [5.74, 6) is -0.124. The van der Waals surface area contributed by atoms with Gasteiger partial charge in [-0.25, -0.2) is 4.79 Å². The van der Waals surface area contributed by atoms with Crippen LogP contribution in [0.5, 0.6) is 0 Å². The van der Waals surface area contributed by atoms with Crippen molar-refractivity contribution >= 4 is 12.1 Å². The van der Waals surface area contributed by atoms with E-state index >= 15 is 0 Å². The Morgan fingerprint density at radius 1 is 0.675 bits per heavy atom. The fraction of sp³-hybridized carbons (Fsp3) is 0.548. The molecule has 0 radical (unpaired) electrons. The van der Waals surface area contributed by atoms with Crippen LogP contribution >= 0.6 is 0 Å². The summed E-state index contributed by atoms with van der Waals surface area (Å²) in [6.07, 6.45) is 3.02. The first-order chi connectivity index (χ1) is 19.7. The van der Waals surface area contributed by atoms with Crippen LogP contribution in [0.3, 0.4) is 0 Å². The van der Waals surface area contributed by atoms with E-state index in [1.54, 1.807) is 0 Å². The van der Waals surface area contributed by atoms with Crippen molar-refractivity contribution < 1.29 is 38.0 Å². The molecule has 40 heavy (non-hydrogen) atoms. The third kappa shape index (κ3) is 11.3. The fourth-order valence-electron chi connectivity index (χ4n) is 4.44. The third-order valence-corrected chi connectivity index (χ3v) is 6.45. The summed E-state index contributed by atoms with van der Waals surface area (Å²) in [6.45, 7) is 6.42. The van der Waals surface area contributed by atoms with E-state index in [0.29, 0.717) is 65.8 Å². The van der Waals surface area contributed by atoms with E-state index in [1.807, 2.05) is 24.3 Å². The quantitative estimate of drug-likeness (QED) is 0.174. The number of hydrogen-bond donors (Lipinski definition) is 1. The van der Waals surface area contributed by atoms with Gasteiger partial charge in [-0.1, -0.05) is 68.3 Å². The first-order valence-electron chi connectivity index (χ1n) is 14.3.